The van der Waals surface area contributed by atoms with E-state index in [1.165, 1.54) is 6.42 Å². The van der Waals surface area contributed by atoms with Gasteiger partial charge in [0.25, 0.3) is 0 Å². The van der Waals surface area contributed by atoms with Crippen molar-refractivity contribution in [3.8, 4) is 0 Å². The van der Waals surface area contributed by atoms with E-state index in [-0.39, 0.29) is 11.3 Å². The van der Waals surface area contributed by atoms with Crippen LogP contribution in [0.3, 0.4) is 0 Å². The second-order valence-corrected chi connectivity index (χ2v) is 8.64. The van der Waals surface area contributed by atoms with Crippen LogP contribution in [0.2, 0.25) is 0 Å². The van der Waals surface area contributed by atoms with Crippen molar-refractivity contribution in [1.29, 1.82) is 0 Å². The van der Waals surface area contributed by atoms with Crippen LogP contribution in [0, 0.1) is 22.2 Å². The molecular formula is C16H33NO. The van der Waals surface area contributed by atoms with E-state index in [1.54, 1.807) is 0 Å². The summed E-state index contributed by atoms with van der Waals surface area (Å²) in [6, 6.07) is 0. The van der Waals surface area contributed by atoms with Crippen LogP contribution >= 0.6 is 0 Å². The average molecular weight is 255 g/mol. The lowest BCUT2D eigenvalue weighted by Crippen LogP contribution is -2.32. The van der Waals surface area contributed by atoms with Gasteiger partial charge in [0.15, 0.2) is 0 Å². The largest absolute Gasteiger partial charge is 0.370 e. The minimum atomic E-state index is -0.194. The van der Waals surface area contributed by atoms with Crippen molar-refractivity contribution in [2.45, 2.75) is 74.7 Å². The summed E-state index contributed by atoms with van der Waals surface area (Å²) < 4.78 is 0. The molecule has 0 aliphatic heterocycles. The summed E-state index contributed by atoms with van der Waals surface area (Å²) in [5.41, 5.74) is 5.97. The lowest BCUT2D eigenvalue weighted by atomic mass is 9.66. The molecule has 0 aromatic rings. The molecule has 18 heavy (non-hydrogen) atoms. The van der Waals surface area contributed by atoms with Gasteiger partial charge in [-0.05, 0) is 35.0 Å². The number of carbonyl (C=O) groups excluding carboxylic acids is 1. The van der Waals surface area contributed by atoms with Gasteiger partial charge < -0.3 is 5.73 Å². The molecule has 0 aliphatic rings. The fourth-order valence-corrected chi connectivity index (χ4v) is 3.24. The topological polar surface area (TPSA) is 43.1 Å². The monoisotopic (exact) mass is 255 g/mol. The van der Waals surface area contributed by atoms with Crippen LogP contribution in [0.4, 0.5) is 0 Å². The minimum absolute atomic E-state index is 0.0129. The molecule has 0 aromatic carbocycles. The van der Waals surface area contributed by atoms with Gasteiger partial charge in [-0.3, -0.25) is 4.79 Å². The Labute approximate surface area is 114 Å². The van der Waals surface area contributed by atoms with Crippen LogP contribution in [-0.4, -0.2) is 5.91 Å². The zero-order valence-electron chi connectivity index (χ0n) is 13.7. The molecule has 2 nitrogen and oxygen atoms in total. The number of nitrogens with two attached hydrogens (primary N) is 1. The number of carbonyl (C=O) groups is 1. The summed E-state index contributed by atoms with van der Waals surface area (Å²) >= 11 is 0. The van der Waals surface area contributed by atoms with Gasteiger partial charge in [-0.25, -0.2) is 0 Å². The minimum Gasteiger partial charge on any atom is -0.370 e. The van der Waals surface area contributed by atoms with Gasteiger partial charge in [0.1, 0.15) is 0 Å². The summed E-state index contributed by atoms with van der Waals surface area (Å²) in [5.74, 6) is 0.294. The van der Waals surface area contributed by atoms with Crippen LogP contribution < -0.4 is 5.73 Å². The van der Waals surface area contributed by atoms with Gasteiger partial charge in [-0.2, -0.15) is 0 Å². The predicted octanol–water partition coefficient (Wildman–Crippen LogP) is 4.38. The van der Waals surface area contributed by atoms with Crippen molar-refractivity contribution in [2.75, 3.05) is 0 Å². The smallest absolute Gasteiger partial charge is 0.217 e. The fraction of sp³-hybridized carbons (Fsp3) is 0.938. The van der Waals surface area contributed by atoms with Crippen molar-refractivity contribution in [1.82, 2.24) is 0 Å². The van der Waals surface area contributed by atoms with E-state index >= 15 is 0 Å². The highest BCUT2D eigenvalue weighted by Crippen LogP contribution is 2.43. The molecule has 0 aromatic heterocycles. The maximum absolute atomic E-state index is 11.1. The van der Waals surface area contributed by atoms with Gasteiger partial charge in [0, 0.05) is 6.42 Å². The van der Waals surface area contributed by atoms with Gasteiger partial charge in [0.2, 0.25) is 5.91 Å². The third-order valence-corrected chi connectivity index (χ3v) is 3.83. The number of amides is 1. The third-order valence-electron chi connectivity index (χ3n) is 3.83. The summed E-state index contributed by atoms with van der Waals surface area (Å²) in [6.07, 6.45) is 2.79. The molecule has 0 saturated carbocycles. The van der Waals surface area contributed by atoms with E-state index < -0.39 is 0 Å². The Hall–Kier alpha value is -0.530. The molecule has 1 unspecified atom stereocenters. The molecule has 0 aliphatic carbocycles. The summed E-state index contributed by atoms with van der Waals surface area (Å²) in [6.45, 7) is 18.1. The molecular weight excluding hydrogens is 222 g/mol. The van der Waals surface area contributed by atoms with E-state index in [2.05, 4.69) is 55.4 Å². The van der Waals surface area contributed by atoms with Crippen LogP contribution in [0.5, 0.6) is 0 Å². The van der Waals surface area contributed by atoms with Gasteiger partial charge >= 0.3 is 0 Å². The number of rotatable bonds is 6. The summed E-state index contributed by atoms with van der Waals surface area (Å²) in [4.78, 5) is 11.1. The summed E-state index contributed by atoms with van der Waals surface area (Å²) in [5, 5.41) is 0. The van der Waals surface area contributed by atoms with Gasteiger partial charge in [0.05, 0.1) is 0 Å². The third kappa shape index (κ3) is 7.03. The standard InChI is InChI=1S/C16H33NO/c1-12(16(7,8)10-13(17)18)9-15(5,6)11-14(2,3)4/h12H,9-11H2,1-8H3,(H2,17,18). The lowest BCUT2D eigenvalue weighted by Gasteiger charge is -2.39. The van der Waals surface area contributed by atoms with E-state index in [1.807, 2.05) is 0 Å². The first-order valence-electron chi connectivity index (χ1n) is 7.03. The molecule has 0 radical (unpaired) electrons. The Kier molecular flexibility index (Phi) is 5.46. The zero-order valence-corrected chi connectivity index (χ0v) is 13.7. The maximum atomic E-state index is 11.1. The second-order valence-electron chi connectivity index (χ2n) is 8.64. The molecule has 2 heteroatoms. The fourth-order valence-electron chi connectivity index (χ4n) is 3.24. The van der Waals surface area contributed by atoms with E-state index in [4.69, 9.17) is 5.73 Å². The number of hydrogen-bond donors (Lipinski definition) is 1. The first-order valence-corrected chi connectivity index (χ1v) is 7.03. The average Bonchev–Trinajstić information content (AvgIpc) is 1.93. The van der Waals surface area contributed by atoms with Crippen LogP contribution in [0.15, 0.2) is 0 Å². The molecule has 0 heterocycles. The van der Waals surface area contributed by atoms with E-state index in [0.717, 1.165) is 6.42 Å². The molecule has 1 atom stereocenters. The van der Waals surface area contributed by atoms with Crippen molar-refractivity contribution >= 4 is 5.91 Å². The molecule has 0 rings (SSSR count). The quantitative estimate of drug-likeness (QED) is 0.752. The normalized spacial score (nSPS) is 15.6. The Morgan fingerprint density at radius 2 is 1.50 bits per heavy atom. The van der Waals surface area contributed by atoms with Crippen LogP contribution in [0.1, 0.15) is 74.7 Å². The van der Waals surface area contributed by atoms with Gasteiger partial charge in [-0.1, -0.05) is 55.4 Å². The van der Waals surface area contributed by atoms with Crippen LogP contribution in [-0.2, 0) is 4.79 Å². The maximum Gasteiger partial charge on any atom is 0.217 e. The highest BCUT2D eigenvalue weighted by atomic mass is 16.1. The van der Waals surface area contributed by atoms with Crippen molar-refractivity contribution < 1.29 is 4.79 Å². The Bertz CT molecular complexity index is 284. The molecule has 1 amide bonds. The first-order chi connectivity index (χ1) is 7.75. The first kappa shape index (κ1) is 17.5. The van der Waals surface area contributed by atoms with E-state index in [9.17, 15) is 4.79 Å². The lowest BCUT2D eigenvalue weighted by molar-refractivity contribution is -0.120. The van der Waals surface area contributed by atoms with Crippen LogP contribution in [0.25, 0.3) is 0 Å². The molecule has 0 saturated heterocycles. The highest BCUT2D eigenvalue weighted by Gasteiger charge is 2.34. The van der Waals surface area contributed by atoms with Crippen molar-refractivity contribution in [2.24, 2.45) is 27.9 Å². The van der Waals surface area contributed by atoms with E-state index in [0.29, 0.717) is 23.2 Å². The molecule has 2 N–H and O–H groups in total. The Morgan fingerprint density at radius 3 is 1.83 bits per heavy atom. The molecule has 0 bridgehead atoms. The Balaban J connectivity index is 4.63. The molecule has 0 spiro atoms. The second kappa shape index (κ2) is 5.63. The summed E-state index contributed by atoms with van der Waals surface area (Å²) in [7, 11) is 0. The highest BCUT2D eigenvalue weighted by molar-refractivity contribution is 5.74. The Morgan fingerprint density at radius 1 is 1.06 bits per heavy atom. The van der Waals surface area contributed by atoms with Crippen molar-refractivity contribution in [3.05, 3.63) is 0 Å². The number of hydrogen-bond acceptors (Lipinski definition) is 1. The van der Waals surface area contributed by atoms with Crippen molar-refractivity contribution in [3.63, 3.8) is 0 Å². The predicted molar refractivity (Wildman–Crippen MR) is 79.2 cm³/mol. The zero-order chi connectivity index (χ0) is 14.8. The molecule has 108 valence electrons. The van der Waals surface area contributed by atoms with Gasteiger partial charge in [-0.15, -0.1) is 0 Å². The molecule has 0 fully saturated rings. The SMILES string of the molecule is CC(CC(C)(C)CC(C)(C)C)C(C)(C)CC(N)=O. The number of primary amides is 1.